The molecule has 1 aromatic carbocycles. The summed E-state index contributed by atoms with van der Waals surface area (Å²) in [5.74, 6) is -0.327. The van der Waals surface area contributed by atoms with Crippen LogP contribution < -0.4 is 15.8 Å². The molecule has 0 bridgehead atoms. The molecule has 164 valence electrons. The molecular formula is C22H19BrN4O4S. The van der Waals surface area contributed by atoms with Gasteiger partial charge in [-0.1, -0.05) is 30.3 Å². The second kappa shape index (κ2) is 9.41. The first-order valence-corrected chi connectivity index (χ1v) is 11.3. The second-order valence-corrected chi connectivity index (χ2v) is 8.80. The van der Waals surface area contributed by atoms with Crippen LogP contribution in [0.4, 0.5) is 4.79 Å². The number of nitrogens with zero attached hydrogens (tertiary/aromatic N) is 1. The van der Waals surface area contributed by atoms with Crippen molar-refractivity contribution in [2.45, 2.75) is 12.5 Å². The van der Waals surface area contributed by atoms with E-state index in [9.17, 15) is 9.59 Å². The highest BCUT2D eigenvalue weighted by Crippen LogP contribution is 2.47. The summed E-state index contributed by atoms with van der Waals surface area (Å²) in [5, 5.41) is 12.3. The summed E-state index contributed by atoms with van der Waals surface area (Å²) in [6, 6.07) is 13.3. The summed E-state index contributed by atoms with van der Waals surface area (Å²) >= 11 is 4.80. The predicted octanol–water partition coefficient (Wildman–Crippen LogP) is 4.41. The molecule has 2 amide bonds. The van der Waals surface area contributed by atoms with Crippen LogP contribution in [0.2, 0.25) is 0 Å². The fraction of sp³-hybridized carbons (Fsp3) is 0.136. The lowest BCUT2D eigenvalue weighted by Crippen LogP contribution is -2.36. The molecule has 10 heteroatoms. The molecule has 0 aliphatic rings. The Morgan fingerprint density at radius 2 is 2.03 bits per heavy atom. The van der Waals surface area contributed by atoms with Gasteiger partial charge in [0.05, 0.1) is 15.9 Å². The molecule has 0 radical (unpaired) electrons. The lowest BCUT2D eigenvalue weighted by Gasteiger charge is -2.20. The summed E-state index contributed by atoms with van der Waals surface area (Å²) in [6.07, 6.45) is 2.20. The van der Waals surface area contributed by atoms with E-state index in [0.717, 1.165) is 27.0 Å². The number of aromatic amines is 1. The first-order valence-electron chi connectivity index (χ1n) is 9.66. The lowest BCUT2D eigenvalue weighted by molar-refractivity contribution is 0.0996. The monoisotopic (exact) mass is 514 g/mol. The molecular weight excluding hydrogens is 496 g/mol. The maximum absolute atomic E-state index is 12.2. The summed E-state index contributed by atoms with van der Waals surface area (Å²) in [6.45, 7) is 0.0391. The summed E-state index contributed by atoms with van der Waals surface area (Å²) in [7, 11) is 0. The molecule has 1 atom stereocenters. The van der Waals surface area contributed by atoms with Gasteiger partial charge in [0.1, 0.15) is 16.6 Å². The Morgan fingerprint density at radius 1 is 1.25 bits per heavy atom. The number of thiophene rings is 1. The number of rotatable bonds is 8. The fourth-order valence-electron chi connectivity index (χ4n) is 3.40. The molecule has 1 unspecified atom stereocenters. The smallest absolute Gasteiger partial charge is 0.404 e. The number of halogens is 1. The maximum atomic E-state index is 12.2. The van der Waals surface area contributed by atoms with E-state index in [2.05, 4.69) is 31.2 Å². The quantitative estimate of drug-likeness (QED) is 0.276. The molecule has 0 fully saturated rings. The van der Waals surface area contributed by atoms with Gasteiger partial charge >= 0.3 is 6.09 Å². The number of nitrogens with one attached hydrogen (secondary N) is 2. The number of hydrogen-bond acceptors (Lipinski definition) is 5. The maximum Gasteiger partial charge on any atom is 0.404 e. The van der Waals surface area contributed by atoms with E-state index in [1.165, 1.54) is 11.3 Å². The van der Waals surface area contributed by atoms with Crippen molar-refractivity contribution >= 4 is 50.3 Å². The number of carbonyl (C=O) groups is 2. The molecule has 5 N–H and O–H groups in total. The molecule has 0 spiro atoms. The third-order valence-electron chi connectivity index (χ3n) is 4.81. The summed E-state index contributed by atoms with van der Waals surface area (Å²) in [5.41, 5.74) is 8.22. The van der Waals surface area contributed by atoms with Crippen molar-refractivity contribution < 1.29 is 19.4 Å². The van der Waals surface area contributed by atoms with Crippen LogP contribution in [0.25, 0.3) is 21.5 Å². The third-order valence-corrected chi connectivity index (χ3v) is 7.05. The zero-order valence-corrected chi connectivity index (χ0v) is 19.1. The molecule has 0 aliphatic carbocycles. The van der Waals surface area contributed by atoms with Crippen molar-refractivity contribution in [3.63, 3.8) is 0 Å². The number of hydrogen-bond donors (Lipinski definition) is 4. The topological polar surface area (TPSA) is 130 Å². The first kappa shape index (κ1) is 21.8. The molecule has 0 saturated carbocycles. The van der Waals surface area contributed by atoms with Gasteiger partial charge in [0.25, 0.3) is 5.91 Å². The number of amides is 2. The van der Waals surface area contributed by atoms with E-state index in [1.54, 1.807) is 12.4 Å². The zero-order valence-electron chi connectivity index (χ0n) is 16.7. The summed E-state index contributed by atoms with van der Waals surface area (Å²) < 4.78 is 6.78. The van der Waals surface area contributed by atoms with Crippen molar-refractivity contribution in [1.82, 2.24) is 15.3 Å². The minimum absolute atomic E-state index is 0.0391. The Bertz CT molecular complexity index is 1270. The number of primary amides is 1. The van der Waals surface area contributed by atoms with Crippen LogP contribution in [0.1, 0.15) is 15.2 Å². The number of fused-ring (bicyclic) bond motifs is 1. The molecule has 3 heterocycles. The molecule has 3 aromatic heterocycles. The van der Waals surface area contributed by atoms with Gasteiger partial charge in [0.15, 0.2) is 5.75 Å². The van der Waals surface area contributed by atoms with Crippen molar-refractivity contribution in [1.29, 1.82) is 0 Å². The average Bonchev–Trinajstić information content (AvgIpc) is 3.38. The lowest BCUT2D eigenvalue weighted by atomic mass is 10.1. The van der Waals surface area contributed by atoms with Crippen LogP contribution in [0, 0.1) is 0 Å². The third kappa shape index (κ3) is 4.61. The Labute approximate surface area is 195 Å². The molecule has 4 aromatic rings. The Hall–Kier alpha value is -3.37. The standard InChI is InChI=1S/C22H19BrN4O4S/c23-16-17(31-13(11-27-22(29)30)10-12-4-2-1-3-5-12)19(20(24)28)32-18(16)14-6-8-25-21-15(14)7-9-26-21/h1-9,13,27H,10-11H2,(H2,24,28)(H,25,26)(H,29,30). The number of aromatic nitrogens is 2. The fourth-order valence-corrected chi connectivity index (χ4v) is 5.29. The Kier molecular flexibility index (Phi) is 6.42. The van der Waals surface area contributed by atoms with Crippen molar-refractivity contribution in [2.75, 3.05) is 6.54 Å². The van der Waals surface area contributed by atoms with E-state index in [-0.39, 0.29) is 11.4 Å². The zero-order chi connectivity index (χ0) is 22.7. The highest BCUT2D eigenvalue weighted by molar-refractivity contribution is 9.10. The number of nitrogens with two attached hydrogens (primary N) is 1. The predicted molar refractivity (Wildman–Crippen MR) is 126 cm³/mol. The number of carbonyl (C=O) groups excluding carboxylic acids is 1. The van der Waals surface area contributed by atoms with E-state index < -0.39 is 18.1 Å². The van der Waals surface area contributed by atoms with Gasteiger partial charge in [0, 0.05) is 29.8 Å². The van der Waals surface area contributed by atoms with Gasteiger partial charge in [-0.25, -0.2) is 9.78 Å². The van der Waals surface area contributed by atoms with Gasteiger partial charge in [-0.2, -0.15) is 0 Å². The van der Waals surface area contributed by atoms with E-state index in [4.69, 9.17) is 15.6 Å². The van der Waals surface area contributed by atoms with Crippen LogP contribution in [0.15, 0.2) is 59.3 Å². The Morgan fingerprint density at radius 3 is 2.75 bits per heavy atom. The number of carboxylic acid groups (broad SMARTS) is 1. The van der Waals surface area contributed by atoms with Crippen LogP contribution in [0.5, 0.6) is 5.75 Å². The molecule has 4 rings (SSSR count). The average molecular weight is 515 g/mol. The van der Waals surface area contributed by atoms with Crippen molar-refractivity contribution in [2.24, 2.45) is 5.73 Å². The SMILES string of the molecule is NC(=O)c1sc(-c2ccnc3[nH]ccc23)c(Br)c1OC(CNC(=O)O)Cc1ccccc1. The molecule has 8 nitrogen and oxygen atoms in total. The number of benzene rings is 1. The second-order valence-electron chi connectivity index (χ2n) is 6.98. The van der Waals surface area contributed by atoms with E-state index >= 15 is 0 Å². The van der Waals surface area contributed by atoms with Gasteiger partial charge in [-0.3, -0.25) is 4.79 Å². The first-order chi connectivity index (χ1) is 15.4. The van der Waals surface area contributed by atoms with Gasteiger partial charge < -0.3 is 25.9 Å². The van der Waals surface area contributed by atoms with Gasteiger partial charge in [0.2, 0.25) is 0 Å². The Balaban J connectivity index is 1.73. The van der Waals surface area contributed by atoms with E-state index in [0.29, 0.717) is 16.6 Å². The van der Waals surface area contributed by atoms with Crippen molar-refractivity contribution in [3.05, 3.63) is 69.8 Å². The van der Waals surface area contributed by atoms with Crippen LogP contribution in [-0.4, -0.2) is 39.7 Å². The van der Waals surface area contributed by atoms with Crippen molar-refractivity contribution in [3.8, 4) is 16.2 Å². The minimum atomic E-state index is -1.15. The highest BCUT2D eigenvalue weighted by Gasteiger charge is 2.26. The van der Waals surface area contributed by atoms with Gasteiger partial charge in [-0.15, -0.1) is 11.3 Å². The largest absolute Gasteiger partial charge is 0.485 e. The number of H-pyrrole nitrogens is 1. The molecule has 0 saturated heterocycles. The molecule has 32 heavy (non-hydrogen) atoms. The number of ether oxygens (including phenoxy) is 1. The summed E-state index contributed by atoms with van der Waals surface area (Å²) in [4.78, 5) is 31.7. The normalized spacial score (nSPS) is 11.9. The van der Waals surface area contributed by atoms with Gasteiger partial charge in [-0.05, 0) is 33.6 Å². The van der Waals surface area contributed by atoms with Crippen LogP contribution >= 0.6 is 27.3 Å². The van der Waals surface area contributed by atoms with E-state index in [1.807, 2.05) is 42.5 Å². The van der Waals surface area contributed by atoms with Crippen LogP contribution in [-0.2, 0) is 6.42 Å². The number of pyridine rings is 1. The molecule has 0 aliphatic heterocycles. The minimum Gasteiger partial charge on any atom is -0.485 e. The van der Waals surface area contributed by atoms with Crippen LogP contribution in [0.3, 0.4) is 0 Å². The highest BCUT2D eigenvalue weighted by atomic mass is 79.9.